The minimum absolute atomic E-state index is 0. The predicted octanol–water partition coefficient (Wildman–Crippen LogP) is 0.461. The SMILES string of the molecule is CCOC(=O)C(C)CNC(=O)C(C)(C)N.Cl. The van der Waals surface area contributed by atoms with E-state index < -0.39 is 5.54 Å². The zero-order valence-electron chi connectivity index (χ0n) is 10.2. The van der Waals surface area contributed by atoms with Gasteiger partial charge in [0.25, 0.3) is 0 Å². The van der Waals surface area contributed by atoms with Crippen molar-refractivity contribution < 1.29 is 14.3 Å². The maximum absolute atomic E-state index is 11.4. The van der Waals surface area contributed by atoms with Crippen LogP contribution in [0.25, 0.3) is 0 Å². The van der Waals surface area contributed by atoms with Crippen LogP contribution in [0.15, 0.2) is 0 Å². The van der Waals surface area contributed by atoms with Crippen LogP contribution in [0, 0.1) is 5.92 Å². The highest BCUT2D eigenvalue weighted by Crippen LogP contribution is 1.99. The summed E-state index contributed by atoms with van der Waals surface area (Å²) in [4.78, 5) is 22.6. The fraction of sp³-hybridized carbons (Fsp3) is 0.800. The number of esters is 1. The lowest BCUT2D eigenvalue weighted by Crippen LogP contribution is -2.50. The van der Waals surface area contributed by atoms with E-state index in [1.165, 1.54) is 0 Å². The summed E-state index contributed by atoms with van der Waals surface area (Å²) in [6.07, 6.45) is 0. The molecule has 0 aromatic rings. The molecule has 0 aliphatic heterocycles. The predicted molar refractivity (Wildman–Crippen MR) is 64.3 cm³/mol. The van der Waals surface area contributed by atoms with Gasteiger partial charge < -0.3 is 15.8 Å². The third kappa shape index (κ3) is 6.63. The lowest BCUT2D eigenvalue weighted by Gasteiger charge is -2.19. The van der Waals surface area contributed by atoms with Gasteiger partial charge in [0.2, 0.25) is 5.91 Å². The summed E-state index contributed by atoms with van der Waals surface area (Å²) in [5, 5.41) is 2.60. The minimum atomic E-state index is -0.922. The van der Waals surface area contributed by atoms with Crippen molar-refractivity contribution in [3.63, 3.8) is 0 Å². The molecule has 3 N–H and O–H groups in total. The fourth-order valence-electron chi connectivity index (χ4n) is 0.841. The molecule has 0 spiro atoms. The molecule has 0 saturated carbocycles. The van der Waals surface area contributed by atoms with E-state index >= 15 is 0 Å². The molecule has 0 radical (unpaired) electrons. The van der Waals surface area contributed by atoms with Crippen LogP contribution in [-0.4, -0.2) is 30.6 Å². The first-order valence-electron chi connectivity index (χ1n) is 5.02. The minimum Gasteiger partial charge on any atom is -0.466 e. The first-order valence-corrected chi connectivity index (χ1v) is 5.02. The third-order valence-electron chi connectivity index (χ3n) is 1.84. The number of carbonyl (C=O) groups is 2. The van der Waals surface area contributed by atoms with Gasteiger partial charge in [-0.2, -0.15) is 0 Å². The first kappa shape index (κ1) is 17.6. The zero-order chi connectivity index (χ0) is 12.1. The summed E-state index contributed by atoms with van der Waals surface area (Å²) in [6.45, 7) is 7.25. The monoisotopic (exact) mass is 252 g/mol. The Kier molecular flexibility index (Phi) is 8.20. The van der Waals surface area contributed by atoms with Gasteiger partial charge in [-0.3, -0.25) is 9.59 Å². The molecule has 0 aliphatic rings. The quantitative estimate of drug-likeness (QED) is 0.697. The van der Waals surface area contributed by atoms with E-state index in [-0.39, 0.29) is 36.7 Å². The standard InChI is InChI=1S/C10H20N2O3.ClH/c1-5-15-8(13)7(2)6-12-9(14)10(3,4)11;/h7H,5-6,11H2,1-4H3,(H,12,14);1H. The second-order valence-electron chi connectivity index (χ2n) is 4.08. The van der Waals surface area contributed by atoms with Crippen LogP contribution in [-0.2, 0) is 14.3 Å². The lowest BCUT2D eigenvalue weighted by atomic mass is 10.1. The largest absolute Gasteiger partial charge is 0.466 e. The zero-order valence-corrected chi connectivity index (χ0v) is 11.0. The molecule has 96 valence electrons. The third-order valence-corrected chi connectivity index (χ3v) is 1.84. The van der Waals surface area contributed by atoms with Crippen molar-refractivity contribution >= 4 is 24.3 Å². The summed E-state index contributed by atoms with van der Waals surface area (Å²) in [5.41, 5.74) is 4.65. The van der Waals surface area contributed by atoms with Gasteiger partial charge in [0.1, 0.15) is 0 Å². The summed E-state index contributed by atoms with van der Waals surface area (Å²) in [7, 11) is 0. The van der Waals surface area contributed by atoms with Gasteiger partial charge in [0, 0.05) is 6.54 Å². The molecule has 0 aliphatic carbocycles. The van der Waals surface area contributed by atoms with Crippen LogP contribution in [0.2, 0.25) is 0 Å². The highest BCUT2D eigenvalue weighted by molar-refractivity contribution is 5.85. The molecule has 0 bridgehead atoms. The Morgan fingerprint density at radius 3 is 2.31 bits per heavy atom. The van der Waals surface area contributed by atoms with Gasteiger partial charge >= 0.3 is 5.97 Å². The van der Waals surface area contributed by atoms with Crippen LogP contribution in [0.5, 0.6) is 0 Å². The summed E-state index contributed by atoms with van der Waals surface area (Å²) < 4.78 is 4.80. The van der Waals surface area contributed by atoms with Gasteiger partial charge in [0.05, 0.1) is 18.1 Å². The van der Waals surface area contributed by atoms with Crippen LogP contribution in [0.3, 0.4) is 0 Å². The van der Waals surface area contributed by atoms with E-state index in [0.29, 0.717) is 6.61 Å². The van der Waals surface area contributed by atoms with Crippen LogP contribution < -0.4 is 11.1 Å². The van der Waals surface area contributed by atoms with E-state index in [1.54, 1.807) is 27.7 Å². The highest BCUT2D eigenvalue weighted by atomic mass is 35.5. The number of amides is 1. The van der Waals surface area contributed by atoms with Gasteiger partial charge in [0.15, 0.2) is 0 Å². The maximum Gasteiger partial charge on any atom is 0.310 e. The summed E-state index contributed by atoms with van der Waals surface area (Å²) >= 11 is 0. The number of hydrogen-bond acceptors (Lipinski definition) is 4. The Balaban J connectivity index is 0. The van der Waals surface area contributed by atoms with E-state index in [4.69, 9.17) is 10.5 Å². The Morgan fingerprint density at radius 1 is 1.44 bits per heavy atom. The highest BCUT2D eigenvalue weighted by Gasteiger charge is 2.23. The Hall–Kier alpha value is -0.810. The molecule has 5 nitrogen and oxygen atoms in total. The molecule has 0 aromatic carbocycles. The Labute approximate surface area is 103 Å². The van der Waals surface area contributed by atoms with Crippen LogP contribution >= 0.6 is 12.4 Å². The molecule has 1 atom stereocenters. The van der Waals surface area contributed by atoms with Crippen molar-refractivity contribution in [1.82, 2.24) is 5.32 Å². The molecule has 1 unspecified atom stereocenters. The van der Waals surface area contributed by atoms with Crippen molar-refractivity contribution in [3.8, 4) is 0 Å². The van der Waals surface area contributed by atoms with Gasteiger partial charge in [-0.1, -0.05) is 6.92 Å². The van der Waals surface area contributed by atoms with Crippen molar-refractivity contribution in [2.24, 2.45) is 11.7 Å². The van der Waals surface area contributed by atoms with Crippen molar-refractivity contribution in [2.45, 2.75) is 33.2 Å². The molecule has 0 saturated heterocycles. The number of ether oxygens (including phenoxy) is 1. The second-order valence-corrected chi connectivity index (χ2v) is 4.08. The van der Waals surface area contributed by atoms with E-state index in [0.717, 1.165) is 0 Å². The average molecular weight is 253 g/mol. The van der Waals surface area contributed by atoms with Gasteiger partial charge in [-0.15, -0.1) is 12.4 Å². The number of halogens is 1. The topological polar surface area (TPSA) is 81.4 Å². The van der Waals surface area contributed by atoms with E-state index in [2.05, 4.69) is 5.32 Å². The number of nitrogens with two attached hydrogens (primary N) is 1. The molecule has 0 heterocycles. The number of nitrogens with one attached hydrogen (secondary N) is 1. The summed E-state index contributed by atoms with van der Waals surface area (Å²) in [6, 6.07) is 0. The fourth-order valence-corrected chi connectivity index (χ4v) is 0.841. The van der Waals surface area contributed by atoms with Crippen molar-refractivity contribution in [1.29, 1.82) is 0 Å². The molecule has 0 rings (SSSR count). The van der Waals surface area contributed by atoms with Crippen LogP contribution in [0.1, 0.15) is 27.7 Å². The van der Waals surface area contributed by atoms with Gasteiger partial charge in [-0.25, -0.2) is 0 Å². The first-order chi connectivity index (χ1) is 6.79. The molecule has 16 heavy (non-hydrogen) atoms. The van der Waals surface area contributed by atoms with Crippen LogP contribution in [0.4, 0.5) is 0 Å². The maximum atomic E-state index is 11.4. The molecule has 0 fully saturated rings. The molecular weight excluding hydrogens is 232 g/mol. The molecule has 0 aromatic heterocycles. The van der Waals surface area contributed by atoms with Gasteiger partial charge in [-0.05, 0) is 20.8 Å². The number of hydrogen-bond donors (Lipinski definition) is 2. The lowest BCUT2D eigenvalue weighted by molar-refractivity contribution is -0.147. The molecule has 6 heteroatoms. The normalized spacial score (nSPS) is 12.3. The van der Waals surface area contributed by atoms with Crippen molar-refractivity contribution in [2.75, 3.05) is 13.2 Å². The Morgan fingerprint density at radius 2 is 1.94 bits per heavy atom. The summed E-state index contributed by atoms with van der Waals surface area (Å²) in [5.74, 6) is -0.942. The number of carbonyl (C=O) groups excluding carboxylic acids is 2. The number of rotatable bonds is 5. The average Bonchev–Trinajstić information content (AvgIpc) is 2.12. The second kappa shape index (κ2) is 7.46. The molecular formula is C10H21ClN2O3. The van der Waals surface area contributed by atoms with E-state index in [1.807, 2.05) is 0 Å². The smallest absolute Gasteiger partial charge is 0.310 e. The molecule has 1 amide bonds. The van der Waals surface area contributed by atoms with E-state index in [9.17, 15) is 9.59 Å². The Bertz CT molecular complexity index is 239. The van der Waals surface area contributed by atoms with Crippen molar-refractivity contribution in [3.05, 3.63) is 0 Å².